The molecule has 17 heavy (non-hydrogen) atoms. The monoisotopic (exact) mass is 285 g/mol. The number of carbonyl (C=O) groups excluding carboxylic acids is 1. The summed E-state index contributed by atoms with van der Waals surface area (Å²) in [6.07, 6.45) is 1.00. The summed E-state index contributed by atoms with van der Waals surface area (Å²) in [5.74, 6) is -0.299. The highest BCUT2D eigenvalue weighted by Crippen LogP contribution is 2.19. The molecule has 0 atom stereocenters. The SMILES string of the molecule is CCO[Si](CCCC(N)=O)(OCC)OCC.Cl. The Labute approximate surface area is 111 Å². The predicted octanol–water partition coefficient (Wildman–Crippen LogP) is 1.72. The Morgan fingerprint density at radius 3 is 1.76 bits per heavy atom. The molecule has 0 bridgehead atoms. The Bertz CT molecular complexity index is 190. The van der Waals surface area contributed by atoms with Crippen LogP contribution >= 0.6 is 12.4 Å². The minimum absolute atomic E-state index is 0. The summed E-state index contributed by atoms with van der Waals surface area (Å²) in [5, 5.41) is 0. The van der Waals surface area contributed by atoms with Crippen molar-refractivity contribution in [2.24, 2.45) is 5.73 Å². The number of primary amides is 1. The minimum Gasteiger partial charge on any atom is -0.374 e. The van der Waals surface area contributed by atoms with Crippen molar-refractivity contribution in [1.82, 2.24) is 0 Å². The topological polar surface area (TPSA) is 70.8 Å². The van der Waals surface area contributed by atoms with Gasteiger partial charge in [-0.2, -0.15) is 0 Å². The maximum absolute atomic E-state index is 10.7. The van der Waals surface area contributed by atoms with E-state index in [1.54, 1.807) is 0 Å². The van der Waals surface area contributed by atoms with Crippen molar-refractivity contribution >= 4 is 27.1 Å². The van der Waals surface area contributed by atoms with Crippen LogP contribution in [0.2, 0.25) is 6.04 Å². The molecule has 104 valence electrons. The van der Waals surface area contributed by atoms with E-state index in [0.29, 0.717) is 38.7 Å². The molecule has 0 unspecified atom stereocenters. The molecule has 0 heterocycles. The molecule has 0 aliphatic rings. The molecule has 0 rings (SSSR count). The van der Waals surface area contributed by atoms with Gasteiger partial charge in [0.2, 0.25) is 5.91 Å². The molecule has 0 saturated carbocycles. The summed E-state index contributed by atoms with van der Waals surface area (Å²) in [7, 11) is -2.57. The summed E-state index contributed by atoms with van der Waals surface area (Å²) in [6.45, 7) is 7.41. The number of hydrogen-bond donors (Lipinski definition) is 1. The quantitative estimate of drug-likeness (QED) is 0.621. The lowest BCUT2D eigenvalue weighted by atomic mass is 10.3. The number of halogens is 1. The largest absolute Gasteiger partial charge is 0.500 e. The van der Waals surface area contributed by atoms with Gasteiger partial charge in [-0.1, -0.05) is 0 Å². The molecular formula is C10H24ClNO4Si. The first-order chi connectivity index (χ1) is 7.60. The van der Waals surface area contributed by atoms with E-state index >= 15 is 0 Å². The van der Waals surface area contributed by atoms with E-state index < -0.39 is 8.80 Å². The van der Waals surface area contributed by atoms with Crippen molar-refractivity contribution in [1.29, 1.82) is 0 Å². The Kier molecular flexibility index (Phi) is 12.4. The van der Waals surface area contributed by atoms with Gasteiger partial charge < -0.3 is 19.0 Å². The molecule has 0 aromatic rings. The van der Waals surface area contributed by atoms with Crippen molar-refractivity contribution in [3.8, 4) is 0 Å². The van der Waals surface area contributed by atoms with Crippen LogP contribution in [-0.2, 0) is 18.1 Å². The molecule has 1 amide bonds. The third-order valence-corrected chi connectivity index (χ3v) is 5.15. The molecule has 0 aromatic carbocycles. The molecule has 2 N–H and O–H groups in total. The summed E-state index contributed by atoms with van der Waals surface area (Å²) in [4.78, 5) is 10.7. The van der Waals surface area contributed by atoms with E-state index in [0.717, 1.165) is 0 Å². The predicted molar refractivity (Wildman–Crippen MR) is 71.1 cm³/mol. The van der Waals surface area contributed by atoms with Crippen LogP contribution in [0.15, 0.2) is 0 Å². The Morgan fingerprint density at radius 2 is 1.47 bits per heavy atom. The second-order valence-electron chi connectivity index (χ2n) is 3.30. The van der Waals surface area contributed by atoms with Crippen LogP contribution in [0.5, 0.6) is 0 Å². The highest BCUT2D eigenvalue weighted by Gasteiger charge is 2.39. The first-order valence-electron chi connectivity index (χ1n) is 5.80. The second-order valence-corrected chi connectivity index (χ2v) is 6.03. The molecule has 7 heteroatoms. The third kappa shape index (κ3) is 8.56. The van der Waals surface area contributed by atoms with Crippen molar-refractivity contribution in [3.63, 3.8) is 0 Å². The maximum atomic E-state index is 10.7. The van der Waals surface area contributed by atoms with E-state index in [1.165, 1.54) is 0 Å². The van der Waals surface area contributed by atoms with Crippen LogP contribution in [0.3, 0.4) is 0 Å². The van der Waals surface area contributed by atoms with Crippen LogP contribution in [0, 0.1) is 0 Å². The van der Waals surface area contributed by atoms with Crippen LogP contribution in [0.1, 0.15) is 33.6 Å². The van der Waals surface area contributed by atoms with Gasteiger partial charge in [0, 0.05) is 32.3 Å². The van der Waals surface area contributed by atoms with Crippen molar-refractivity contribution in [2.45, 2.75) is 39.7 Å². The fourth-order valence-corrected chi connectivity index (χ4v) is 4.09. The standard InChI is InChI=1S/C10H23NO4Si.ClH/c1-4-13-16(14-5-2,15-6-3)9-7-8-10(11)12;/h4-9H2,1-3H3,(H2,11,12);1H. The lowest BCUT2D eigenvalue weighted by Gasteiger charge is -2.28. The average Bonchev–Trinajstić information content (AvgIpc) is 2.18. The van der Waals surface area contributed by atoms with E-state index in [9.17, 15) is 4.79 Å². The lowest BCUT2D eigenvalue weighted by Crippen LogP contribution is -2.46. The maximum Gasteiger partial charge on any atom is 0.500 e. The smallest absolute Gasteiger partial charge is 0.374 e. The lowest BCUT2D eigenvalue weighted by molar-refractivity contribution is -0.118. The number of nitrogens with two attached hydrogens (primary N) is 1. The average molecular weight is 286 g/mol. The Morgan fingerprint density at radius 1 is 1.06 bits per heavy atom. The summed E-state index contributed by atoms with van der Waals surface area (Å²) in [5.41, 5.74) is 5.10. The van der Waals surface area contributed by atoms with Gasteiger partial charge in [0.1, 0.15) is 0 Å². The van der Waals surface area contributed by atoms with Gasteiger partial charge in [0.25, 0.3) is 0 Å². The molecule has 0 aliphatic carbocycles. The van der Waals surface area contributed by atoms with Crippen LogP contribution in [-0.4, -0.2) is 34.5 Å². The van der Waals surface area contributed by atoms with Gasteiger partial charge in [0.15, 0.2) is 0 Å². The highest BCUT2D eigenvalue weighted by atomic mass is 35.5. The zero-order chi connectivity index (χ0) is 12.4. The van der Waals surface area contributed by atoms with Gasteiger partial charge in [-0.15, -0.1) is 12.4 Å². The summed E-state index contributed by atoms with van der Waals surface area (Å²) >= 11 is 0. The number of amides is 1. The molecule has 0 spiro atoms. The molecule has 0 saturated heterocycles. The van der Waals surface area contributed by atoms with E-state index in [1.807, 2.05) is 20.8 Å². The number of hydrogen-bond acceptors (Lipinski definition) is 4. The zero-order valence-corrected chi connectivity index (χ0v) is 12.7. The van der Waals surface area contributed by atoms with Crippen molar-refractivity contribution < 1.29 is 18.1 Å². The summed E-state index contributed by atoms with van der Waals surface area (Å²) in [6, 6.07) is 0.644. The normalized spacial score (nSPS) is 11.0. The first kappa shape index (κ1) is 19.2. The molecule has 0 aliphatic heterocycles. The number of carbonyl (C=O) groups is 1. The molecule has 0 radical (unpaired) electrons. The van der Waals surface area contributed by atoms with E-state index in [-0.39, 0.29) is 18.3 Å². The van der Waals surface area contributed by atoms with Gasteiger partial charge in [-0.3, -0.25) is 4.79 Å². The van der Waals surface area contributed by atoms with E-state index in [2.05, 4.69) is 0 Å². The van der Waals surface area contributed by atoms with Gasteiger partial charge in [-0.05, 0) is 27.2 Å². The van der Waals surface area contributed by atoms with Crippen molar-refractivity contribution in [3.05, 3.63) is 0 Å². The molecule has 5 nitrogen and oxygen atoms in total. The first-order valence-corrected chi connectivity index (χ1v) is 7.73. The van der Waals surface area contributed by atoms with Gasteiger partial charge >= 0.3 is 8.80 Å². The highest BCUT2D eigenvalue weighted by molar-refractivity contribution is 6.60. The fourth-order valence-electron chi connectivity index (χ4n) is 1.48. The second kappa shape index (κ2) is 11.0. The van der Waals surface area contributed by atoms with Gasteiger partial charge in [0.05, 0.1) is 0 Å². The Hall–Kier alpha value is -0.143. The minimum atomic E-state index is -2.57. The molecular weight excluding hydrogens is 262 g/mol. The van der Waals surface area contributed by atoms with Gasteiger partial charge in [-0.25, -0.2) is 0 Å². The molecule has 0 aromatic heterocycles. The third-order valence-electron chi connectivity index (χ3n) is 2.00. The molecule has 0 fully saturated rings. The van der Waals surface area contributed by atoms with Crippen molar-refractivity contribution in [2.75, 3.05) is 19.8 Å². The van der Waals surface area contributed by atoms with Crippen LogP contribution < -0.4 is 5.73 Å². The Balaban J connectivity index is 0. The van der Waals surface area contributed by atoms with Crippen LogP contribution in [0.4, 0.5) is 0 Å². The number of rotatable bonds is 10. The van der Waals surface area contributed by atoms with E-state index in [4.69, 9.17) is 19.0 Å². The summed E-state index contributed by atoms with van der Waals surface area (Å²) < 4.78 is 16.9. The fraction of sp³-hybridized carbons (Fsp3) is 0.900. The van der Waals surface area contributed by atoms with Crippen LogP contribution in [0.25, 0.3) is 0 Å². The zero-order valence-electron chi connectivity index (χ0n) is 10.9.